The number of imidazole rings is 2. The Morgan fingerprint density at radius 3 is 1.97 bits per heavy atom. The summed E-state index contributed by atoms with van der Waals surface area (Å²) in [6.07, 6.45) is 5.47. The molecule has 0 bridgehead atoms. The third kappa shape index (κ3) is 9.03. The van der Waals surface area contributed by atoms with Gasteiger partial charge in [-0.2, -0.15) is 0 Å². The van der Waals surface area contributed by atoms with Crippen LogP contribution in [0.25, 0.3) is 44.4 Å². The summed E-state index contributed by atoms with van der Waals surface area (Å²) in [5.41, 5.74) is 6.33. The molecule has 10 rings (SSSR count). The Morgan fingerprint density at radius 2 is 1.28 bits per heavy atom. The van der Waals surface area contributed by atoms with Gasteiger partial charge < -0.3 is 54.1 Å². The smallest absolute Gasteiger partial charge is 0.407 e. The number of likely N-dealkylation sites (tertiary alicyclic amines) is 2. The molecule has 4 atom stereocenters. The Labute approximate surface area is 392 Å². The molecule has 0 saturated carbocycles. The number of aromatic nitrogens is 4. The van der Waals surface area contributed by atoms with Crippen molar-refractivity contribution >= 4 is 34.8 Å². The minimum absolute atomic E-state index is 0.116. The van der Waals surface area contributed by atoms with Gasteiger partial charge in [0, 0.05) is 31.7 Å². The van der Waals surface area contributed by atoms with Gasteiger partial charge in [-0.05, 0) is 76.8 Å². The average Bonchev–Trinajstić information content (AvgIpc) is 4.26. The van der Waals surface area contributed by atoms with Crippen molar-refractivity contribution in [3.8, 4) is 33.6 Å². The molecule has 1 spiro atoms. The lowest BCUT2D eigenvalue weighted by molar-refractivity contribution is -0.154. The first kappa shape index (κ1) is 44.7. The van der Waals surface area contributed by atoms with Gasteiger partial charge in [0.1, 0.15) is 23.7 Å². The summed E-state index contributed by atoms with van der Waals surface area (Å²) >= 11 is 0. The lowest BCUT2D eigenvalue weighted by Crippen LogP contribution is -2.54. The molecule has 4 aliphatic rings. The number of alkyl carbamates (subject to hydrolysis) is 2. The van der Waals surface area contributed by atoms with Crippen LogP contribution in [0.3, 0.4) is 0 Å². The molecule has 4 saturated heterocycles. The molecule has 17 heteroatoms. The zero-order valence-corrected chi connectivity index (χ0v) is 37.9. The molecule has 2 aromatic heterocycles. The maximum Gasteiger partial charge on any atom is 0.407 e. The molecule has 6 aromatic rings. The Hall–Kier alpha value is -7.08. The summed E-state index contributed by atoms with van der Waals surface area (Å²) < 4.78 is 27.5. The van der Waals surface area contributed by atoms with Crippen molar-refractivity contribution in [2.75, 3.05) is 53.7 Å². The number of benzene rings is 4. The molecule has 4 aromatic carbocycles. The third-order valence-electron chi connectivity index (χ3n) is 13.7. The van der Waals surface area contributed by atoms with E-state index < -0.39 is 36.1 Å². The van der Waals surface area contributed by atoms with Crippen LogP contribution in [0, 0.1) is 5.92 Å². The van der Waals surface area contributed by atoms with E-state index in [1.807, 2.05) is 36.5 Å². The van der Waals surface area contributed by atoms with E-state index in [4.69, 9.17) is 33.7 Å². The molecule has 4 fully saturated rings. The second-order valence-electron chi connectivity index (χ2n) is 17.7. The predicted molar refractivity (Wildman–Crippen MR) is 250 cm³/mol. The normalized spacial score (nSPS) is 20.1. The monoisotopic (exact) mass is 922 g/mol. The molecule has 4 aliphatic heterocycles. The summed E-state index contributed by atoms with van der Waals surface area (Å²) in [7, 11) is 2.57. The maximum absolute atomic E-state index is 14.4. The lowest BCUT2D eigenvalue weighted by Gasteiger charge is -2.34. The lowest BCUT2D eigenvalue weighted by atomic mass is 9.90. The molecule has 0 aliphatic carbocycles. The van der Waals surface area contributed by atoms with Crippen LogP contribution < -0.4 is 10.6 Å². The highest BCUT2D eigenvalue weighted by Crippen LogP contribution is 2.43. The number of methoxy groups -OCH3 is 2. The van der Waals surface area contributed by atoms with Crippen LogP contribution >= 0.6 is 0 Å². The zero-order valence-electron chi connectivity index (χ0n) is 37.9. The number of carbonyl (C=O) groups is 4. The Balaban J connectivity index is 0.831. The minimum atomic E-state index is -0.952. The van der Waals surface area contributed by atoms with E-state index in [2.05, 4.69) is 81.3 Å². The van der Waals surface area contributed by atoms with Gasteiger partial charge in [0.2, 0.25) is 5.91 Å². The van der Waals surface area contributed by atoms with Gasteiger partial charge in [0.25, 0.3) is 5.91 Å². The van der Waals surface area contributed by atoms with Crippen LogP contribution in [0.1, 0.15) is 67.4 Å². The predicted octanol–water partition coefficient (Wildman–Crippen LogP) is 7.22. The number of aromatic amines is 2. The average molecular weight is 923 g/mol. The number of ether oxygens (including phenoxy) is 5. The topological polar surface area (TPSA) is 202 Å². The second kappa shape index (κ2) is 19.3. The van der Waals surface area contributed by atoms with Gasteiger partial charge in [-0.15, -0.1) is 0 Å². The summed E-state index contributed by atoms with van der Waals surface area (Å²) in [6.45, 7) is 2.64. The van der Waals surface area contributed by atoms with E-state index in [-0.39, 0.29) is 30.3 Å². The molecular weight excluding hydrogens is 869 g/mol. The van der Waals surface area contributed by atoms with Crippen molar-refractivity contribution in [3.63, 3.8) is 0 Å². The van der Waals surface area contributed by atoms with E-state index in [1.165, 1.54) is 14.2 Å². The summed E-state index contributed by atoms with van der Waals surface area (Å²) in [6, 6.07) is 27.7. The van der Waals surface area contributed by atoms with Crippen LogP contribution in [0.4, 0.5) is 9.59 Å². The maximum atomic E-state index is 14.4. The van der Waals surface area contributed by atoms with Crippen LogP contribution in [-0.2, 0) is 33.3 Å². The third-order valence-corrected chi connectivity index (χ3v) is 13.7. The Kier molecular flexibility index (Phi) is 12.7. The van der Waals surface area contributed by atoms with Crippen LogP contribution in [0.5, 0.6) is 0 Å². The van der Waals surface area contributed by atoms with E-state index in [1.54, 1.807) is 16.0 Å². The van der Waals surface area contributed by atoms with Gasteiger partial charge in [0.05, 0.1) is 69.8 Å². The van der Waals surface area contributed by atoms with Gasteiger partial charge in [0.15, 0.2) is 5.79 Å². The molecule has 17 nitrogen and oxygen atoms in total. The first-order valence-electron chi connectivity index (χ1n) is 23.1. The van der Waals surface area contributed by atoms with Crippen molar-refractivity contribution in [1.29, 1.82) is 0 Å². The van der Waals surface area contributed by atoms with Crippen LogP contribution in [0.2, 0.25) is 0 Å². The summed E-state index contributed by atoms with van der Waals surface area (Å²) in [4.78, 5) is 73.2. The fourth-order valence-corrected chi connectivity index (χ4v) is 10.1. The highest BCUT2D eigenvalue weighted by Gasteiger charge is 2.53. The van der Waals surface area contributed by atoms with Gasteiger partial charge in [-0.25, -0.2) is 19.6 Å². The van der Waals surface area contributed by atoms with E-state index in [0.29, 0.717) is 69.4 Å². The number of nitrogens with one attached hydrogen (secondary N) is 4. The number of amides is 4. The van der Waals surface area contributed by atoms with E-state index in [9.17, 15) is 19.2 Å². The minimum Gasteiger partial charge on any atom is -0.453 e. The van der Waals surface area contributed by atoms with Crippen molar-refractivity contribution in [2.24, 2.45) is 5.92 Å². The number of H-pyrrole nitrogens is 2. The second-order valence-corrected chi connectivity index (χ2v) is 17.7. The van der Waals surface area contributed by atoms with Crippen LogP contribution in [0.15, 0.2) is 103 Å². The molecule has 4 N–H and O–H groups in total. The van der Waals surface area contributed by atoms with E-state index >= 15 is 0 Å². The Bertz CT molecular complexity index is 2780. The Morgan fingerprint density at radius 1 is 0.676 bits per heavy atom. The number of rotatable bonds is 11. The van der Waals surface area contributed by atoms with Crippen molar-refractivity contribution in [3.05, 3.63) is 121 Å². The van der Waals surface area contributed by atoms with Crippen LogP contribution in [-0.4, -0.2) is 119 Å². The molecule has 4 unspecified atom stereocenters. The standard InChI is InChI=1S/C51H54N8O9/c1-64-49(62)56-43(33-7-4-3-5-8-33)47(60)58-20-6-9-41(58)45-52-29-40(55-45)38-17-16-36-25-35(14-15-37(36)26-38)31-10-12-32(13-11-31)39-28-53-46(54-39)42-27-51(67-23-24-68-51)30-59(42)48(61)44(57-50(63)65-2)34-18-21-66-22-19-34/h3-5,7-8,10-17,25-26,28-29,34,41-44H,6,9,18-24,27,30H2,1-2H3,(H,52,55)(H,53,54)(H,56,62)(H,57,63). The first-order valence-corrected chi connectivity index (χ1v) is 23.1. The highest BCUT2D eigenvalue weighted by atomic mass is 16.7. The molecule has 68 heavy (non-hydrogen) atoms. The number of fused-ring (bicyclic) bond motifs is 1. The molecule has 6 heterocycles. The first-order chi connectivity index (χ1) is 33.2. The highest BCUT2D eigenvalue weighted by molar-refractivity contribution is 5.91. The van der Waals surface area contributed by atoms with Gasteiger partial charge in [-0.1, -0.05) is 78.9 Å². The fraction of sp³-hybridized carbons (Fsp3) is 0.373. The van der Waals surface area contributed by atoms with Gasteiger partial charge in [-0.3, -0.25) is 9.59 Å². The van der Waals surface area contributed by atoms with Crippen molar-refractivity contribution in [2.45, 2.75) is 62.1 Å². The van der Waals surface area contributed by atoms with Crippen molar-refractivity contribution in [1.82, 2.24) is 40.4 Å². The zero-order chi connectivity index (χ0) is 46.8. The SMILES string of the molecule is COC(=O)NC(C(=O)N1CCCC1c1ncc(-c2ccc3cc(-c4ccc(-c5cnc(C6CC7(CN6C(=O)C(NC(=O)OC)C6CCOCC6)OCCO7)[nH]5)cc4)ccc3c2)[nH]1)c1ccccc1. The molecular formula is C51H54N8O9. The number of hydrogen-bond donors (Lipinski definition) is 4. The molecule has 4 amide bonds. The summed E-state index contributed by atoms with van der Waals surface area (Å²) in [5.74, 6) is -0.219. The quantitative estimate of drug-likeness (QED) is 0.102. The number of carbonyl (C=O) groups excluding carboxylic acids is 4. The van der Waals surface area contributed by atoms with E-state index in [0.717, 1.165) is 57.3 Å². The largest absolute Gasteiger partial charge is 0.453 e. The van der Waals surface area contributed by atoms with Gasteiger partial charge >= 0.3 is 12.2 Å². The number of nitrogens with zero attached hydrogens (tertiary/aromatic N) is 4. The molecule has 0 radical (unpaired) electrons. The number of hydrogen-bond acceptors (Lipinski definition) is 11. The fourth-order valence-electron chi connectivity index (χ4n) is 10.1. The molecule has 352 valence electrons. The van der Waals surface area contributed by atoms with Crippen molar-refractivity contribution < 1.29 is 42.9 Å². The summed E-state index contributed by atoms with van der Waals surface area (Å²) in [5, 5.41) is 7.68.